The van der Waals surface area contributed by atoms with Gasteiger partial charge in [-0.05, 0) is 31.1 Å². The molecular weight excluding hydrogens is 232 g/mol. The largest absolute Gasteiger partial charge is 0.469 e. The topological polar surface area (TPSA) is 52.6 Å². The summed E-state index contributed by atoms with van der Waals surface area (Å²) in [6.45, 7) is 0. The van der Waals surface area contributed by atoms with Crippen LogP contribution in [0.15, 0.2) is 0 Å². The van der Waals surface area contributed by atoms with Crippen molar-refractivity contribution in [2.45, 2.75) is 38.5 Å². The molecule has 0 N–H and O–H groups in total. The Labute approximate surface area is 108 Å². The maximum absolute atomic E-state index is 12.0. The second-order valence-electron chi connectivity index (χ2n) is 5.46. The highest BCUT2D eigenvalue weighted by atomic mass is 16.5. The average Bonchev–Trinajstić information content (AvgIpc) is 2.44. The van der Waals surface area contributed by atoms with Gasteiger partial charge in [-0.1, -0.05) is 19.3 Å². The second kappa shape index (κ2) is 5.72. The molecule has 2 aliphatic rings. The van der Waals surface area contributed by atoms with Crippen LogP contribution < -0.4 is 0 Å². The van der Waals surface area contributed by atoms with Crippen LogP contribution in [0.5, 0.6) is 0 Å². The van der Waals surface area contributed by atoms with Gasteiger partial charge in [-0.15, -0.1) is 0 Å². The van der Waals surface area contributed by atoms with E-state index in [1.807, 2.05) is 0 Å². The number of carbonyl (C=O) groups excluding carboxylic acids is 2. The Hall–Kier alpha value is -1.06. The van der Waals surface area contributed by atoms with Gasteiger partial charge in [0.1, 0.15) is 0 Å². The zero-order valence-electron chi connectivity index (χ0n) is 11.2. The molecule has 4 atom stereocenters. The number of carbonyl (C=O) groups is 2. The van der Waals surface area contributed by atoms with Crippen LogP contribution in [0, 0.1) is 23.7 Å². The van der Waals surface area contributed by atoms with Crippen molar-refractivity contribution in [1.82, 2.24) is 0 Å². The van der Waals surface area contributed by atoms with Gasteiger partial charge in [0.15, 0.2) is 0 Å². The van der Waals surface area contributed by atoms with Gasteiger partial charge in [-0.3, -0.25) is 9.59 Å². The molecule has 0 aromatic rings. The van der Waals surface area contributed by atoms with E-state index in [2.05, 4.69) is 0 Å². The minimum atomic E-state index is -0.304. The Morgan fingerprint density at radius 2 is 1.56 bits per heavy atom. The zero-order chi connectivity index (χ0) is 13.1. The summed E-state index contributed by atoms with van der Waals surface area (Å²) in [5.74, 6) is -0.187. The predicted octanol–water partition coefficient (Wildman–Crippen LogP) is 2.17. The Bertz CT molecular complexity index is 326. The highest BCUT2D eigenvalue weighted by molar-refractivity contribution is 5.82. The number of esters is 2. The third-order valence-corrected chi connectivity index (χ3v) is 4.69. The van der Waals surface area contributed by atoms with Gasteiger partial charge in [0, 0.05) is 0 Å². The van der Waals surface area contributed by atoms with Crippen LogP contribution in [0.2, 0.25) is 0 Å². The van der Waals surface area contributed by atoms with Crippen LogP contribution >= 0.6 is 0 Å². The third-order valence-electron chi connectivity index (χ3n) is 4.69. The van der Waals surface area contributed by atoms with Crippen LogP contribution in [0.3, 0.4) is 0 Å². The Kier molecular flexibility index (Phi) is 4.25. The molecule has 0 spiro atoms. The standard InChI is InChI=1S/C14H22O4/c1-17-13(15)11-8-7-9-5-3-4-6-10(9)12(11)14(16)18-2/h9-12H,3-8H2,1-2H3. The number of ether oxygens (including phenoxy) is 2. The summed E-state index contributed by atoms with van der Waals surface area (Å²) in [6, 6.07) is 0. The van der Waals surface area contributed by atoms with Gasteiger partial charge in [-0.25, -0.2) is 0 Å². The van der Waals surface area contributed by atoms with Crippen LogP contribution in [0.1, 0.15) is 38.5 Å². The predicted molar refractivity (Wildman–Crippen MR) is 65.7 cm³/mol. The first-order chi connectivity index (χ1) is 8.69. The van der Waals surface area contributed by atoms with Crippen molar-refractivity contribution >= 4 is 11.9 Å². The fraction of sp³-hybridized carbons (Fsp3) is 0.857. The number of fused-ring (bicyclic) bond motifs is 1. The van der Waals surface area contributed by atoms with E-state index in [1.165, 1.54) is 27.1 Å². The lowest BCUT2D eigenvalue weighted by atomic mass is 9.61. The van der Waals surface area contributed by atoms with Crippen LogP contribution in [-0.2, 0) is 19.1 Å². The van der Waals surface area contributed by atoms with Crippen molar-refractivity contribution in [1.29, 1.82) is 0 Å². The number of hydrogen-bond donors (Lipinski definition) is 0. The minimum Gasteiger partial charge on any atom is -0.469 e. The summed E-state index contributed by atoms with van der Waals surface area (Å²) in [4.78, 5) is 23.9. The molecule has 2 rings (SSSR count). The molecule has 4 unspecified atom stereocenters. The van der Waals surface area contributed by atoms with E-state index >= 15 is 0 Å². The van der Waals surface area contributed by atoms with Crippen LogP contribution in [0.4, 0.5) is 0 Å². The van der Waals surface area contributed by atoms with Gasteiger partial charge in [-0.2, -0.15) is 0 Å². The van der Waals surface area contributed by atoms with Crippen molar-refractivity contribution in [2.24, 2.45) is 23.7 Å². The van der Waals surface area contributed by atoms with Gasteiger partial charge in [0.05, 0.1) is 26.1 Å². The Balaban J connectivity index is 2.21. The number of hydrogen-bond acceptors (Lipinski definition) is 4. The molecule has 0 aromatic carbocycles. The van der Waals surface area contributed by atoms with Crippen molar-refractivity contribution in [2.75, 3.05) is 14.2 Å². The van der Waals surface area contributed by atoms with E-state index in [0.717, 1.165) is 25.7 Å². The van der Waals surface area contributed by atoms with Crippen molar-refractivity contribution in [3.63, 3.8) is 0 Å². The molecule has 4 heteroatoms. The van der Waals surface area contributed by atoms with E-state index < -0.39 is 0 Å². The molecule has 0 aromatic heterocycles. The van der Waals surface area contributed by atoms with Crippen LogP contribution in [-0.4, -0.2) is 26.2 Å². The van der Waals surface area contributed by atoms with Crippen molar-refractivity contribution in [3.05, 3.63) is 0 Å². The van der Waals surface area contributed by atoms with Gasteiger partial charge in [0.25, 0.3) is 0 Å². The molecular formula is C14H22O4. The minimum absolute atomic E-state index is 0.234. The molecule has 0 bridgehead atoms. The normalized spacial score (nSPS) is 35.4. The lowest BCUT2D eigenvalue weighted by Gasteiger charge is -2.43. The third kappa shape index (κ3) is 2.38. The van der Waals surface area contributed by atoms with Gasteiger partial charge >= 0.3 is 11.9 Å². The van der Waals surface area contributed by atoms with Gasteiger partial charge < -0.3 is 9.47 Å². The summed E-state index contributed by atoms with van der Waals surface area (Å²) >= 11 is 0. The summed E-state index contributed by atoms with van der Waals surface area (Å²) in [5, 5.41) is 0. The lowest BCUT2D eigenvalue weighted by Crippen LogP contribution is -2.44. The molecule has 2 aliphatic carbocycles. The highest BCUT2D eigenvalue weighted by Gasteiger charge is 2.47. The summed E-state index contributed by atoms with van der Waals surface area (Å²) < 4.78 is 9.76. The van der Waals surface area contributed by atoms with E-state index in [-0.39, 0.29) is 23.8 Å². The fourth-order valence-corrected chi connectivity index (χ4v) is 3.83. The van der Waals surface area contributed by atoms with Crippen molar-refractivity contribution in [3.8, 4) is 0 Å². The average molecular weight is 254 g/mol. The number of rotatable bonds is 2. The molecule has 2 saturated carbocycles. The van der Waals surface area contributed by atoms with Crippen molar-refractivity contribution < 1.29 is 19.1 Å². The number of methoxy groups -OCH3 is 2. The smallest absolute Gasteiger partial charge is 0.309 e. The van der Waals surface area contributed by atoms with E-state index in [9.17, 15) is 9.59 Å². The molecule has 4 nitrogen and oxygen atoms in total. The van der Waals surface area contributed by atoms with Crippen LogP contribution in [0.25, 0.3) is 0 Å². The molecule has 0 heterocycles. The summed E-state index contributed by atoms with van der Waals surface area (Å²) in [6.07, 6.45) is 6.43. The van der Waals surface area contributed by atoms with E-state index in [0.29, 0.717) is 11.8 Å². The second-order valence-corrected chi connectivity index (χ2v) is 5.46. The molecule has 2 fully saturated rings. The molecule has 0 aliphatic heterocycles. The first-order valence-corrected chi connectivity index (χ1v) is 6.84. The van der Waals surface area contributed by atoms with E-state index in [1.54, 1.807) is 0 Å². The fourth-order valence-electron chi connectivity index (χ4n) is 3.83. The Morgan fingerprint density at radius 1 is 0.889 bits per heavy atom. The Morgan fingerprint density at radius 3 is 2.22 bits per heavy atom. The molecule has 0 saturated heterocycles. The lowest BCUT2D eigenvalue weighted by molar-refractivity contribution is -0.165. The zero-order valence-corrected chi connectivity index (χ0v) is 11.2. The highest BCUT2D eigenvalue weighted by Crippen LogP contribution is 2.47. The maximum Gasteiger partial charge on any atom is 0.309 e. The molecule has 102 valence electrons. The molecule has 0 amide bonds. The van der Waals surface area contributed by atoms with E-state index in [4.69, 9.17) is 9.47 Å². The first-order valence-electron chi connectivity index (χ1n) is 6.84. The first kappa shape index (κ1) is 13.4. The molecule has 18 heavy (non-hydrogen) atoms. The van der Waals surface area contributed by atoms with Gasteiger partial charge in [0.2, 0.25) is 0 Å². The summed E-state index contributed by atoms with van der Waals surface area (Å²) in [5.41, 5.74) is 0. The quantitative estimate of drug-likeness (QED) is 0.709. The summed E-state index contributed by atoms with van der Waals surface area (Å²) in [7, 11) is 2.80. The SMILES string of the molecule is COC(=O)C1CCC2CCCCC2C1C(=O)OC. The molecule has 0 radical (unpaired) electrons. The monoisotopic (exact) mass is 254 g/mol. The maximum atomic E-state index is 12.0.